The molecule has 0 amide bonds. The molecule has 0 aromatic carbocycles. The van der Waals surface area contributed by atoms with Crippen molar-refractivity contribution >= 4 is 6.79 Å². The second-order valence-corrected chi connectivity index (χ2v) is 4.80. The Balaban J connectivity index is 0. The van der Waals surface area contributed by atoms with Gasteiger partial charge in [0.15, 0.2) is 0 Å². The van der Waals surface area contributed by atoms with Crippen LogP contribution in [0.3, 0.4) is 0 Å². The fraction of sp³-hybridized carbons (Fsp3) is 0.667. The summed E-state index contributed by atoms with van der Waals surface area (Å²) in [5, 5.41) is 3.37. The molecule has 1 saturated heterocycles. The van der Waals surface area contributed by atoms with Crippen LogP contribution < -0.4 is 5.32 Å². The zero-order chi connectivity index (χ0) is 14.6. The maximum Gasteiger partial charge on any atom is 0.106 e. The first-order valence-electron chi connectivity index (χ1n) is 6.47. The molecule has 0 saturated carbocycles. The third kappa shape index (κ3) is 9.14. The topological polar surface area (TPSA) is 32.3 Å². The normalized spacial score (nSPS) is 18.9. The van der Waals surface area contributed by atoms with Crippen molar-refractivity contribution < 1.29 is 4.79 Å². The summed E-state index contributed by atoms with van der Waals surface area (Å²) in [4.78, 5) is 10.3. The minimum Gasteiger partial charge on any atom is -0.307 e. The largest absolute Gasteiger partial charge is 0.307 e. The summed E-state index contributed by atoms with van der Waals surface area (Å²) in [6.07, 6.45) is 7.41. The number of allylic oxidation sites excluding steroid dienone is 4. The molecule has 0 aromatic heterocycles. The van der Waals surface area contributed by atoms with Crippen LogP contribution in [0.25, 0.3) is 0 Å². The first-order valence-corrected chi connectivity index (χ1v) is 6.47. The molecule has 1 N–H and O–H groups in total. The molecule has 0 aromatic rings. The van der Waals surface area contributed by atoms with E-state index in [1.807, 2.05) is 19.8 Å². The van der Waals surface area contributed by atoms with Gasteiger partial charge in [0.2, 0.25) is 0 Å². The van der Waals surface area contributed by atoms with E-state index < -0.39 is 0 Å². The lowest BCUT2D eigenvalue weighted by atomic mass is 10.2. The Morgan fingerprint density at radius 3 is 2.22 bits per heavy atom. The van der Waals surface area contributed by atoms with Gasteiger partial charge in [-0.1, -0.05) is 30.7 Å². The van der Waals surface area contributed by atoms with Crippen LogP contribution in [-0.2, 0) is 4.79 Å². The van der Waals surface area contributed by atoms with Gasteiger partial charge in [-0.2, -0.15) is 0 Å². The standard InChI is InChI=1S/C8H14.C6H14N2.CH2O/c1-4-6-7-8(3)5-2;1-6(2)7-4-5-8(6)3;1-2/h4,6-7H,5H2,1-3H3;7H,4-5H2,1-3H3;1H2/b6-4-,8-7-;;. The van der Waals surface area contributed by atoms with Crippen LogP contribution in [0.2, 0.25) is 0 Å². The molecule has 0 unspecified atom stereocenters. The fourth-order valence-electron chi connectivity index (χ4n) is 1.32. The number of nitrogens with one attached hydrogen (secondary N) is 1. The van der Waals surface area contributed by atoms with Crippen molar-refractivity contribution in [3.05, 3.63) is 23.8 Å². The first-order chi connectivity index (χ1) is 8.44. The SMILES string of the molecule is C/C=C\C=C(\C)CC.C=O.CN1CCNC1(C)C. The number of hydrogen-bond acceptors (Lipinski definition) is 3. The Bertz CT molecular complexity index is 257. The van der Waals surface area contributed by atoms with Crippen LogP contribution >= 0.6 is 0 Å². The molecule has 3 heteroatoms. The molecule has 0 radical (unpaired) electrons. The van der Waals surface area contributed by atoms with Crippen LogP contribution in [0.5, 0.6) is 0 Å². The second kappa shape index (κ2) is 11.2. The highest BCUT2D eigenvalue weighted by molar-refractivity contribution is 5.11. The zero-order valence-electron chi connectivity index (χ0n) is 12.9. The molecule has 0 bridgehead atoms. The van der Waals surface area contributed by atoms with E-state index in [1.165, 1.54) is 12.1 Å². The van der Waals surface area contributed by atoms with Crippen LogP contribution in [0.15, 0.2) is 23.8 Å². The summed E-state index contributed by atoms with van der Waals surface area (Å²) >= 11 is 0. The minimum absolute atomic E-state index is 0.236. The summed E-state index contributed by atoms with van der Waals surface area (Å²) < 4.78 is 0. The number of carbonyl (C=O) groups excluding carboxylic acids is 1. The van der Waals surface area contributed by atoms with Crippen molar-refractivity contribution in [1.29, 1.82) is 0 Å². The molecule has 106 valence electrons. The number of rotatable bonds is 2. The van der Waals surface area contributed by atoms with E-state index in [1.54, 1.807) is 0 Å². The minimum atomic E-state index is 0.236. The van der Waals surface area contributed by atoms with Crippen LogP contribution in [-0.4, -0.2) is 37.5 Å². The number of nitrogens with zero attached hydrogens (tertiary/aromatic N) is 1. The molecule has 0 spiro atoms. The molecule has 1 aliphatic rings. The van der Waals surface area contributed by atoms with Gasteiger partial charge in [0.05, 0.1) is 5.66 Å². The second-order valence-electron chi connectivity index (χ2n) is 4.80. The van der Waals surface area contributed by atoms with E-state index in [2.05, 4.69) is 57.1 Å². The van der Waals surface area contributed by atoms with E-state index in [0.29, 0.717) is 0 Å². The maximum atomic E-state index is 8.00. The monoisotopic (exact) mass is 254 g/mol. The van der Waals surface area contributed by atoms with Gasteiger partial charge in [0.25, 0.3) is 0 Å². The molecule has 1 heterocycles. The highest BCUT2D eigenvalue weighted by Gasteiger charge is 2.27. The molecule has 18 heavy (non-hydrogen) atoms. The molecule has 1 fully saturated rings. The third-order valence-corrected chi connectivity index (χ3v) is 3.09. The number of likely N-dealkylation sites (N-methyl/N-ethyl adjacent to an activating group) is 1. The van der Waals surface area contributed by atoms with Crippen molar-refractivity contribution in [2.75, 3.05) is 20.1 Å². The lowest BCUT2D eigenvalue weighted by Crippen LogP contribution is -2.43. The van der Waals surface area contributed by atoms with E-state index in [4.69, 9.17) is 4.79 Å². The molecule has 0 aliphatic carbocycles. The van der Waals surface area contributed by atoms with Crippen LogP contribution in [0, 0.1) is 0 Å². The number of carbonyl (C=O) groups is 1. The van der Waals surface area contributed by atoms with Crippen molar-refractivity contribution in [2.24, 2.45) is 0 Å². The van der Waals surface area contributed by atoms with E-state index in [0.717, 1.165) is 13.0 Å². The van der Waals surface area contributed by atoms with Crippen molar-refractivity contribution in [1.82, 2.24) is 10.2 Å². The van der Waals surface area contributed by atoms with Crippen LogP contribution in [0.1, 0.15) is 41.0 Å². The zero-order valence-corrected chi connectivity index (χ0v) is 12.9. The highest BCUT2D eigenvalue weighted by atomic mass is 16.1. The lowest BCUT2D eigenvalue weighted by molar-refractivity contribution is -0.0979. The van der Waals surface area contributed by atoms with Crippen molar-refractivity contribution in [3.8, 4) is 0 Å². The molecular weight excluding hydrogens is 224 g/mol. The summed E-state index contributed by atoms with van der Waals surface area (Å²) in [6, 6.07) is 0. The summed E-state index contributed by atoms with van der Waals surface area (Å²) in [7, 11) is 2.14. The smallest absolute Gasteiger partial charge is 0.106 e. The molecule has 1 rings (SSSR count). The Morgan fingerprint density at radius 2 is 2.00 bits per heavy atom. The van der Waals surface area contributed by atoms with Crippen molar-refractivity contribution in [2.45, 2.75) is 46.7 Å². The average Bonchev–Trinajstić information content (AvgIpc) is 2.68. The predicted molar refractivity (Wildman–Crippen MR) is 80.7 cm³/mol. The third-order valence-electron chi connectivity index (χ3n) is 3.09. The molecule has 1 aliphatic heterocycles. The first kappa shape index (κ1) is 19.4. The lowest BCUT2D eigenvalue weighted by Gasteiger charge is -2.26. The average molecular weight is 254 g/mol. The van der Waals surface area contributed by atoms with Gasteiger partial charge < -0.3 is 4.79 Å². The van der Waals surface area contributed by atoms with E-state index >= 15 is 0 Å². The molecular formula is C15H30N2O. The van der Waals surface area contributed by atoms with Gasteiger partial charge >= 0.3 is 0 Å². The Hall–Kier alpha value is -0.930. The predicted octanol–water partition coefficient (Wildman–Crippen LogP) is 2.99. The van der Waals surface area contributed by atoms with Gasteiger partial charge in [-0.25, -0.2) is 0 Å². The quantitative estimate of drug-likeness (QED) is 0.769. The summed E-state index contributed by atoms with van der Waals surface area (Å²) in [6.45, 7) is 15.0. The fourth-order valence-corrected chi connectivity index (χ4v) is 1.32. The summed E-state index contributed by atoms with van der Waals surface area (Å²) in [5.74, 6) is 0. The Kier molecular flexibility index (Phi) is 12.1. The summed E-state index contributed by atoms with van der Waals surface area (Å²) in [5.41, 5.74) is 1.67. The van der Waals surface area contributed by atoms with E-state index in [9.17, 15) is 0 Å². The van der Waals surface area contributed by atoms with Crippen LogP contribution in [0.4, 0.5) is 0 Å². The van der Waals surface area contributed by atoms with E-state index in [-0.39, 0.29) is 5.66 Å². The maximum absolute atomic E-state index is 8.00. The molecule has 3 nitrogen and oxygen atoms in total. The Morgan fingerprint density at radius 1 is 1.44 bits per heavy atom. The highest BCUT2D eigenvalue weighted by Crippen LogP contribution is 2.11. The van der Waals surface area contributed by atoms with Gasteiger partial charge in [0, 0.05) is 13.1 Å². The van der Waals surface area contributed by atoms with Gasteiger partial charge in [0.1, 0.15) is 6.79 Å². The van der Waals surface area contributed by atoms with Gasteiger partial charge in [-0.05, 0) is 41.2 Å². The van der Waals surface area contributed by atoms with Gasteiger partial charge in [-0.3, -0.25) is 10.2 Å². The van der Waals surface area contributed by atoms with Gasteiger partial charge in [-0.15, -0.1) is 0 Å². The number of hydrogen-bond donors (Lipinski definition) is 1. The molecule has 0 atom stereocenters. The van der Waals surface area contributed by atoms with Crippen molar-refractivity contribution in [3.63, 3.8) is 0 Å². The Labute approximate surface area is 113 Å².